The van der Waals surface area contributed by atoms with Crippen LogP contribution in [0.5, 0.6) is 0 Å². The van der Waals surface area contributed by atoms with E-state index in [2.05, 4.69) is 10.6 Å². The molecule has 1 saturated heterocycles. The molecule has 0 saturated carbocycles. The van der Waals surface area contributed by atoms with Crippen LogP contribution in [-0.4, -0.2) is 29.7 Å². The maximum Gasteiger partial charge on any atom is 0.408 e. The van der Waals surface area contributed by atoms with E-state index in [1.165, 1.54) is 0 Å². The number of hydrogen-bond donors (Lipinski definition) is 2. The lowest BCUT2D eigenvalue weighted by molar-refractivity contribution is -0.123. The molecule has 2 atom stereocenters. The van der Waals surface area contributed by atoms with Gasteiger partial charge in [-0.25, -0.2) is 4.79 Å². The molecule has 1 rings (SSSR count). The standard InChI is InChI=1S/C12H22N2O3/c1-8-6-5-7-9(10(15)13-8)14-11(16)17-12(2,3)4/h8-9H,5-7H2,1-4H3,(H,13,15)(H,14,16)/t8-,9?/m0/s1. The second kappa shape index (κ2) is 5.38. The molecule has 2 N–H and O–H groups in total. The summed E-state index contributed by atoms with van der Waals surface area (Å²) < 4.78 is 5.13. The number of hydrogen-bond acceptors (Lipinski definition) is 3. The molecule has 0 bridgehead atoms. The second-order valence-electron chi connectivity index (χ2n) is 5.54. The smallest absolute Gasteiger partial charge is 0.408 e. The number of amides is 2. The van der Waals surface area contributed by atoms with E-state index in [-0.39, 0.29) is 11.9 Å². The predicted octanol–water partition coefficient (Wildman–Crippen LogP) is 1.57. The lowest BCUT2D eigenvalue weighted by Gasteiger charge is -2.22. The minimum atomic E-state index is -0.543. The highest BCUT2D eigenvalue weighted by Crippen LogP contribution is 2.11. The lowest BCUT2D eigenvalue weighted by Crippen LogP contribution is -2.48. The Bertz CT molecular complexity index is 297. The molecule has 98 valence electrons. The molecule has 0 spiro atoms. The van der Waals surface area contributed by atoms with Gasteiger partial charge in [0.15, 0.2) is 0 Å². The predicted molar refractivity (Wildman–Crippen MR) is 64.6 cm³/mol. The third-order valence-electron chi connectivity index (χ3n) is 2.53. The molecule has 0 aromatic heterocycles. The van der Waals surface area contributed by atoms with Crippen molar-refractivity contribution >= 4 is 12.0 Å². The van der Waals surface area contributed by atoms with Crippen LogP contribution in [0.1, 0.15) is 47.0 Å². The van der Waals surface area contributed by atoms with Crippen molar-refractivity contribution in [1.82, 2.24) is 10.6 Å². The van der Waals surface area contributed by atoms with Crippen LogP contribution in [0, 0.1) is 0 Å². The third kappa shape index (κ3) is 5.06. The molecule has 17 heavy (non-hydrogen) atoms. The van der Waals surface area contributed by atoms with Gasteiger partial charge in [-0.3, -0.25) is 4.79 Å². The topological polar surface area (TPSA) is 67.4 Å². The summed E-state index contributed by atoms with van der Waals surface area (Å²) in [5.41, 5.74) is -0.543. The number of alkyl carbamates (subject to hydrolysis) is 1. The van der Waals surface area contributed by atoms with Gasteiger partial charge in [0.2, 0.25) is 5.91 Å². The van der Waals surface area contributed by atoms with Crippen LogP contribution in [0.3, 0.4) is 0 Å². The van der Waals surface area contributed by atoms with E-state index < -0.39 is 17.7 Å². The van der Waals surface area contributed by atoms with E-state index in [0.29, 0.717) is 6.42 Å². The van der Waals surface area contributed by atoms with Crippen molar-refractivity contribution < 1.29 is 14.3 Å². The fraction of sp³-hybridized carbons (Fsp3) is 0.833. The van der Waals surface area contributed by atoms with Crippen LogP contribution >= 0.6 is 0 Å². The summed E-state index contributed by atoms with van der Waals surface area (Å²) in [5.74, 6) is -0.124. The SMILES string of the molecule is C[C@H]1CCCC(NC(=O)OC(C)(C)C)C(=O)N1. The van der Waals surface area contributed by atoms with Crippen LogP contribution in [0.15, 0.2) is 0 Å². The van der Waals surface area contributed by atoms with E-state index in [9.17, 15) is 9.59 Å². The van der Waals surface area contributed by atoms with Crippen molar-refractivity contribution in [3.8, 4) is 0 Å². The third-order valence-corrected chi connectivity index (χ3v) is 2.53. The van der Waals surface area contributed by atoms with Crippen molar-refractivity contribution in [2.75, 3.05) is 0 Å². The Kier molecular flexibility index (Phi) is 4.37. The number of carbonyl (C=O) groups excluding carboxylic acids is 2. The summed E-state index contributed by atoms with van der Waals surface area (Å²) in [7, 11) is 0. The Morgan fingerprint density at radius 2 is 2.06 bits per heavy atom. The Labute approximate surface area is 102 Å². The Hall–Kier alpha value is -1.26. The molecule has 2 amide bonds. The van der Waals surface area contributed by atoms with E-state index in [0.717, 1.165) is 12.8 Å². The summed E-state index contributed by atoms with van der Waals surface area (Å²) in [6.45, 7) is 7.35. The summed E-state index contributed by atoms with van der Waals surface area (Å²) in [6.07, 6.45) is 1.99. The average molecular weight is 242 g/mol. The highest BCUT2D eigenvalue weighted by molar-refractivity contribution is 5.86. The Morgan fingerprint density at radius 3 is 2.65 bits per heavy atom. The Morgan fingerprint density at radius 1 is 1.41 bits per heavy atom. The summed E-state index contributed by atoms with van der Waals surface area (Å²) in [4.78, 5) is 23.3. The quantitative estimate of drug-likeness (QED) is 0.733. The number of ether oxygens (including phenoxy) is 1. The number of nitrogens with one attached hydrogen (secondary N) is 2. The molecule has 0 aliphatic carbocycles. The minimum absolute atomic E-state index is 0.124. The van der Waals surface area contributed by atoms with Gasteiger partial charge in [0.05, 0.1) is 0 Å². The molecule has 5 nitrogen and oxygen atoms in total. The largest absolute Gasteiger partial charge is 0.444 e. The first-order valence-corrected chi connectivity index (χ1v) is 6.08. The molecule has 1 heterocycles. The van der Waals surface area contributed by atoms with E-state index in [1.54, 1.807) is 20.8 Å². The van der Waals surface area contributed by atoms with Crippen molar-refractivity contribution in [1.29, 1.82) is 0 Å². The zero-order chi connectivity index (χ0) is 13.1. The number of carbonyl (C=O) groups is 2. The summed E-state index contributed by atoms with van der Waals surface area (Å²) in [5, 5.41) is 5.46. The van der Waals surface area contributed by atoms with Crippen LogP contribution < -0.4 is 10.6 Å². The van der Waals surface area contributed by atoms with Gasteiger partial charge in [-0.2, -0.15) is 0 Å². The van der Waals surface area contributed by atoms with E-state index in [1.807, 2.05) is 6.92 Å². The van der Waals surface area contributed by atoms with Crippen LogP contribution in [-0.2, 0) is 9.53 Å². The summed E-state index contributed by atoms with van der Waals surface area (Å²) >= 11 is 0. The van der Waals surface area contributed by atoms with Gasteiger partial charge in [0.1, 0.15) is 11.6 Å². The molecule has 0 radical (unpaired) electrons. The van der Waals surface area contributed by atoms with Gasteiger partial charge in [0, 0.05) is 6.04 Å². The summed E-state index contributed by atoms with van der Waals surface area (Å²) in [6, 6.07) is -0.303. The Balaban J connectivity index is 2.50. The molecule has 1 aliphatic heterocycles. The molecule has 1 fully saturated rings. The zero-order valence-corrected chi connectivity index (χ0v) is 11.0. The fourth-order valence-electron chi connectivity index (χ4n) is 1.76. The van der Waals surface area contributed by atoms with Crippen molar-refractivity contribution in [3.63, 3.8) is 0 Å². The average Bonchev–Trinajstić information content (AvgIpc) is 2.25. The molecular formula is C12H22N2O3. The first-order valence-electron chi connectivity index (χ1n) is 6.08. The van der Waals surface area contributed by atoms with E-state index in [4.69, 9.17) is 4.74 Å². The molecule has 5 heteroatoms. The highest BCUT2D eigenvalue weighted by atomic mass is 16.6. The van der Waals surface area contributed by atoms with Crippen molar-refractivity contribution in [2.24, 2.45) is 0 Å². The van der Waals surface area contributed by atoms with Gasteiger partial charge in [0.25, 0.3) is 0 Å². The minimum Gasteiger partial charge on any atom is -0.444 e. The maximum atomic E-state index is 11.7. The molecule has 1 unspecified atom stereocenters. The second-order valence-corrected chi connectivity index (χ2v) is 5.54. The van der Waals surface area contributed by atoms with Gasteiger partial charge in [-0.1, -0.05) is 0 Å². The lowest BCUT2D eigenvalue weighted by atomic mass is 10.1. The van der Waals surface area contributed by atoms with Gasteiger partial charge < -0.3 is 15.4 Å². The first-order chi connectivity index (χ1) is 7.78. The van der Waals surface area contributed by atoms with Crippen LogP contribution in [0.2, 0.25) is 0 Å². The first kappa shape index (κ1) is 13.8. The van der Waals surface area contributed by atoms with Crippen molar-refractivity contribution in [2.45, 2.75) is 64.6 Å². The van der Waals surface area contributed by atoms with Crippen LogP contribution in [0.25, 0.3) is 0 Å². The zero-order valence-electron chi connectivity index (χ0n) is 11.0. The molecule has 0 aromatic rings. The monoisotopic (exact) mass is 242 g/mol. The molecule has 0 aromatic carbocycles. The van der Waals surface area contributed by atoms with Gasteiger partial charge >= 0.3 is 6.09 Å². The maximum absolute atomic E-state index is 11.7. The highest BCUT2D eigenvalue weighted by Gasteiger charge is 2.26. The molecule has 1 aliphatic rings. The number of rotatable bonds is 1. The fourth-order valence-corrected chi connectivity index (χ4v) is 1.76. The van der Waals surface area contributed by atoms with Crippen LogP contribution in [0.4, 0.5) is 4.79 Å². The van der Waals surface area contributed by atoms with E-state index >= 15 is 0 Å². The van der Waals surface area contributed by atoms with Gasteiger partial charge in [-0.05, 0) is 47.0 Å². The van der Waals surface area contributed by atoms with Gasteiger partial charge in [-0.15, -0.1) is 0 Å². The normalized spacial score (nSPS) is 25.8. The van der Waals surface area contributed by atoms with Crippen molar-refractivity contribution in [3.05, 3.63) is 0 Å². The molecular weight excluding hydrogens is 220 g/mol.